The van der Waals surface area contributed by atoms with Crippen molar-refractivity contribution in [3.05, 3.63) is 48.2 Å². The molecule has 0 saturated carbocycles. The molecule has 0 unspecified atom stereocenters. The molecule has 1 aromatic carbocycles. The molecular weight excluding hydrogens is 401 g/mol. The molecule has 0 atom stereocenters. The van der Waals surface area contributed by atoms with Gasteiger partial charge in [0.15, 0.2) is 0 Å². The van der Waals surface area contributed by atoms with Gasteiger partial charge in [0.25, 0.3) is 0 Å². The number of anilines is 3. The Bertz CT molecular complexity index is 1010. The monoisotopic (exact) mass is 422 g/mol. The maximum absolute atomic E-state index is 12.3. The van der Waals surface area contributed by atoms with Crippen LogP contribution in [0.4, 0.5) is 30.6 Å². The highest BCUT2D eigenvalue weighted by molar-refractivity contribution is 5.62. The third kappa shape index (κ3) is 5.60. The number of alkyl halides is 3. The molecule has 8 nitrogen and oxygen atoms in total. The fourth-order valence-corrected chi connectivity index (χ4v) is 2.68. The van der Waals surface area contributed by atoms with Crippen LogP contribution in [0.3, 0.4) is 0 Å². The highest BCUT2D eigenvalue weighted by Crippen LogP contribution is 2.28. The molecule has 0 radical (unpaired) electrons. The number of imidazole rings is 1. The molecule has 0 amide bonds. The molecule has 11 heteroatoms. The van der Waals surface area contributed by atoms with E-state index in [1.807, 2.05) is 29.8 Å². The number of nitrogens with zero attached hydrogens (tertiary/aromatic N) is 4. The van der Waals surface area contributed by atoms with Crippen molar-refractivity contribution in [2.75, 3.05) is 31.4 Å². The van der Waals surface area contributed by atoms with Crippen LogP contribution in [0.5, 0.6) is 5.75 Å². The topological polar surface area (TPSA) is 86.1 Å². The number of hydrogen-bond acceptors (Lipinski definition) is 7. The summed E-state index contributed by atoms with van der Waals surface area (Å²) in [4.78, 5) is 12.7. The summed E-state index contributed by atoms with van der Waals surface area (Å²) in [7, 11) is 3.21. The smallest absolute Gasteiger partial charge is 0.411 e. The van der Waals surface area contributed by atoms with Gasteiger partial charge < -0.3 is 24.7 Å². The van der Waals surface area contributed by atoms with Crippen molar-refractivity contribution in [3.8, 4) is 11.4 Å². The second-order valence-electron chi connectivity index (χ2n) is 6.36. The Morgan fingerprint density at radius 3 is 2.60 bits per heavy atom. The number of halogens is 3. The molecule has 0 saturated heterocycles. The van der Waals surface area contributed by atoms with Crippen LogP contribution in [0.25, 0.3) is 5.69 Å². The predicted octanol–water partition coefficient (Wildman–Crippen LogP) is 3.84. The van der Waals surface area contributed by atoms with Gasteiger partial charge in [0.2, 0.25) is 5.95 Å². The number of aryl methyl sites for hydroxylation is 1. The van der Waals surface area contributed by atoms with Gasteiger partial charge in [-0.25, -0.2) is 9.97 Å². The average molecular weight is 422 g/mol. The van der Waals surface area contributed by atoms with Crippen LogP contribution in [0.1, 0.15) is 11.4 Å². The minimum absolute atomic E-state index is 0.209. The van der Waals surface area contributed by atoms with Crippen molar-refractivity contribution in [2.24, 2.45) is 0 Å². The van der Waals surface area contributed by atoms with E-state index in [1.165, 1.54) is 6.07 Å². The Balaban J connectivity index is 1.80. The minimum Gasteiger partial charge on any atom is -0.494 e. The Hall–Kier alpha value is -3.34. The fraction of sp³-hybridized carbons (Fsp3) is 0.316. The first-order valence-electron chi connectivity index (χ1n) is 8.93. The van der Waals surface area contributed by atoms with Gasteiger partial charge in [-0.05, 0) is 19.1 Å². The highest BCUT2D eigenvalue weighted by Gasteiger charge is 2.27. The van der Waals surface area contributed by atoms with Crippen molar-refractivity contribution >= 4 is 17.5 Å². The summed E-state index contributed by atoms with van der Waals surface area (Å²) in [5.41, 5.74) is 2.62. The number of hydrogen-bond donors (Lipinski definition) is 2. The summed E-state index contributed by atoms with van der Waals surface area (Å²) in [5.74, 6) is 1.24. The lowest BCUT2D eigenvalue weighted by molar-refractivity contribution is -0.176. The van der Waals surface area contributed by atoms with E-state index in [1.54, 1.807) is 26.6 Å². The van der Waals surface area contributed by atoms with Gasteiger partial charge in [0.1, 0.15) is 18.2 Å². The van der Waals surface area contributed by atoms with Crippen molar-refractivity contribution in [1.29, 1.82) is 0 Å². The second-order valence-corrected chi connectivity index (χ2v) is 6.36. The van der Waals surface area contributed by atoms with Gasteiger partial charge in [-0.1, -0.05) is 0 Å². The normalized spacial score (nSPS) is 11.4. The van der Waals surface area contributed by atoms with Gasteiger partial charge in [-0.2, -0.15) is 18.2 Å². The van der Waals surface area contributed by atoms with Gasteiger partial charge in [-0.3, -0.25) is 0 Å². The summed E-state index contributed by atoms with van der Waals surface area (Å²) < 4.78 is 48.9. The molecule has 3 rings (SSSR count). The molecule has 0 spiro atoms. The Morgan fingerprint density at radius 2 is 1.97 bits per heavy atom. The Morgan fingerprint density at radius 1 is 1.17 bits per heavy atom. The second kappa shape index (κ2) is 8.99. The zero-order chi connectivity index (χ0) is 21.7. The van der Waals surface area contributed by atoms with Gasteiger partial charge >= 0.3 is 6.18 Å². The van der Waals surface area contributed by atoms with Crippen molar-refractivity contribution in [2.45, 2.75) is 19.7 Å². The quantitative estimate of drug-likeness (QED) is 0.570. The largest absolute Gasteiger partial charge is 0.494 e. The molecule has 2 N–H and O–H groups in total. The number of methoxy groups -OCH3 is 1. The van der Waals surface area contributed by atoms with Crippen molar-refractivity contribution in [3.63, 3.8) is 0 Å². The maximum Gasteiger partial charge on any atom is 0.411 e. The predicted molar refractivity (Wildman–Crippen MR) is 105 cm³/mol. The molecule has 2 heterocycles. The van der Waals surface area contributed by atoms with E-state index >= 15 is 0 Å². The molecule has 0 aliphatic heterocycles. The van der Waals surface area contributed by atoms with Crippen LogP contribution in [-0.4, -0.2) is 46.5 Å². The van der Waals surface area contributed by atoms with E-state index < -0.39 is 12.8 Å². The molecule has 160 valence electrons. The first kappa shape index (κ1) is 21.4. The summed E-state index contributed by atoms with van der Waals surface area (Å²) in [5, 5.41) is 5.89. The highest BCUT2D eigenvalue weighted by atomic mass is 19.4. The lowest BCUT2D eigenvalue weighted by Crippen LogP contribution is -2.17. The van der Waals surface area contributed by atoms with E-state index in [2.05, 4.69) is 25.6 Å². The SMILES string of the molecule is CNc1cc(COCC(F)(F)F)nc(Nc2ccc(-n3cnc(C)c3)c(OC)c2)n1. The van der Waals surface area contributed by atoms with Gasteiger partial charge in [0.05, 0.1) is 37.1 Å². The summed E-state index contributed by atoms with van der Waals surface area (Å²) in [6, 6.07) is 6.94. The molecule has 0 aliphatic carbocycles. The number of nitrogens with one attached hydrogen (secondary N) is 2. The lowest BCUT2D eigenvalue weighted by atomic mass is 10.2. The van der Waals surface area contributed by atoms with E-state index in [-0.39, 0.29) is 12.6 Å². The van der Waals surface area contributed by atoms with Crippen LogP contribution in [0, 0.1) is 6.92 Å². The molecule has 3 aromatic rings. The van der Waals surface area contributed by atoms with Crippen LogP contribution in [-0.2, 0) is 11.3 Å². The standard InChI is InChI=1S/C19H21F3N6O2/c1-12-8-28(11-24-12)15-5-4-13(6-16(15)29-3)25-18-26-14(7-17(23-2)27-18)9-30-10-19(20,21)22/h4-8,11H,9-10H2,1-3H3,(H2,23,25,26,27). The van der Waals surface area contributed by atoms with Crippen molar-refractivity contribution < 1.29 is 22.6 Å². The van der Waals surface area contributed by atoms with Gasteiger partial charge in [0, 0.05) is 31.1 Å². The van der Waals surface area contributed by atoms with Crippen LogP contribution in [0.2, 0.25) is 0 Å². The average Bonchev–Trinajstić information content (AvgIpc) is 3.12. The molecule has 0 fully saturated rings. The lowest BCUT2D eigenvalue weighted by Gasteiger charge is -2.13. The van der Waals surface area contributed by atoms with Crippen LogP contribution < -0.4 is 15.4 Å². The number of rotatable bonds is 8. The number of aromatic nitrogens is 4. The first-order valence-corrected chi connectivity index (χ1v) is 8.93. The van der Waals surface area contributed by atoms with E-state index in [0.29, 0.717) is 22.9 Å². The molecule has 0 bridgehead atoms. The summed E-state index contributed by atoms with van der Waals surface area (Å²) in [6.07, 6.45) is -0.837. The summed E-state index contributed by atoms with van der Waals surface area (Å²) in [6.45, 7) is 0.246. The molecule has 30 heavy (non-hydrogen) atoms. The third-order valence-corrected chi connectivity index (χ3v) is 3.98. The fourth-order valence-electron chi connectivity index (χ4n) is 2.68. The Kier molecular flexibility index (Phi) is 6.40. The van der Waals surface area contributed by atoms with Crippen molar-refractivity contribution in [1.82, 2.24) is 19.5 Å². The summed E-state index contributed by atoms with van der Waals surface area (Å²) >= 11 is 0. The van der Waals surface area contributed by atoms with Crippen LogP contribution in [0.15, 0.2) is 36.8 Å². The zero-order valence-corrected chi connectivity index (χ0v) is 16.6. The van der Waals surface area contributed by atoms with Gasteiger partial charge in [-0.15, -0.1) is 0 Å². The van der Waals surface area contributed by atoms with E-state index in [4.69, 9.17) is 9.47 Å². The third-order valence-electron chi connectivity index (χ3n) is 3.98. The maximum atomic E-state index is 12.3. The zero-order valence-electron chi connectivity index (χ0n) is 16.6. The molecule has 2 aromatic heterocycles. The number of ether oxygens (including phenoxy) is 2. The molecule has 0 aliphatic rings. The number of benzene rings is 1. The van der Waals surface area contributed by atoms with E-state index in [9.17, 15) is 13.2 Å². The molecular formula is C19H21F3N6O2. The minimum atomic E-state index is -4.40. The first-order chi connectivity index (χ1) is 14.3. The Labute approximate surface area is 171 Å². The van der Waals surface area contributed by atoms with E-state index in [0.717, 1.165) is 11.4 Å². The van der Waals surface area contributed by atoms with Crippen LogP contribution >= 0.6 is 0 Å².